The molecule has 3 heteroatoms. The number of aliphatic hydroxyl groups excluding tert-OH is 1. The highest BCUT2D eigenvalue weighted by atomic mass is 16.3. The van der Waals surface area contributed by atoms with E-state index in [0.717, 1.165) is 32.6 Å². The molecule has 2 unspecified atom stereocenters. The molecule has 1 heterocycles. The van der Waals surface area contributed by atoms with Crippen molar-refractivity contribution in [2.24, 2.45) is 5.92 Å². The van der Waals surface area contributed by atoms with Gasteiger partial charge in [-0.1, -0.05) is 30.3 Å². The molecule has 1 saturated heterocycles. The van der Waals surface area contributed by atoms with Crippen molar-refractivity contribution in [3.05, 3.63) is 35.9 Å². The molecule has 2 atom stereocenters. The molecule has 0 spiro atoms. The van der Waals surface area contributed by atoms with E-state index in [1.54, 1.807) is 0 Å². The van der Waals surface area contributed by atoms with Crippen molar-refractivity contribution >= 4 is 0 Å². The fraction of sp³-hybridized carbons (Fsp3) is 0.571. The van der Waals surface area contributed by atoms with Gasteiger partial charge in [-0.15, -0.1) is 0 Å². The molecule has 0 saturated carbocycles. The zero-order valence-corrected chi connectivity index (χ0v) is 10.5. The molecule has 1 aliphatic rings. The minimum absolute atomic E-state index is 0.195. The molecule has 1 aliphatic heterocycles. The molecule has 0 amide bonds. The topological polar surface area (TPSA) is 35.5 Å². The summed E-state index contributed by atoms with van der Waals surface area (Å²) in [7, 11) is 1.95. The van der Waals surface area contributed by atoms with Crippen molar-refractivity contribution in [1.29, 1.82) is 0 Å². The Morgan fingerprint density at radius 2 is 2.12 bits per heavy atom. The smallest absolute Gasteiger partial charge is 0.0707 e. The lowest BCUT2D eigenvalue weighted by Gasteiger charge is -2.35. The predicted octanol–water partition coefficient (Wildman–Crippen LogP) is 1.09. The maximum atomic E-state index is 10.1. The van der Waals surface area contributed by atoms with Crippen LogP contribution >= 0.6 is 0 Å². The molecule has 1 fully saturated rings. The molecule has 2 N–H and O–H groups in total. The van der Waals surface area contributed by atoms with Crippen molar-refractivity contribution in [1.82, 2.24) is 10.2 Å². The van der Waals surface area contributed by atoms with E-state index in [2.05, 4.69) is 34.5 Å². The summed E-state index contributed by atoms with van der Waals surface area (Å²) < 4.78 is 0. The molecular weight excluding hydrogens is 212 g/mol. The first-order valence-electron chi connectivity index (χ1n) is 6.38. The monoisotopic (exact) mass is 234 g/mol. The fourth-order valence-corrected chi connectivity index (χ4v) is 2.53. The van der Waals surface area contributed by atoms with Gasteiger partial charge in [0.15, 0.2) is 0 Å². The lowest BCUT2D eigenvalue weighted by molar-refractivity contribution is 0.0196. The summed E-state index contributed by atoms with van der Waals surface area (Å²) in [5.74, 6) is 0.409. The molecular formula is C14H22N2O. The van der Waals surface area contributed by atoms with Crippen molar-refractivity contribution in [3.63, 3.8) is 0 Å². The van der Waals surface area contributed by atoms with E-state index in [0.29, 0.717) is 5.92 Å². The molecule has 0 aliphatic carbocycles. The summed E-state index contributed by atoms with van der Waals surface area (Å²) in [6.07, 6.45) is 0.884. The van der Waals surface area contributed by atoms with Crippen LogP contribution in [-0.4, -0.2) is 42.8 Å². The zero-order chi connectivity index (χ0) is 12.1. The molecule has 94 valence electrons. The van der Waals surface area contributed by atoms with Gasteiger partial charge in [0.05, 0.1) is 6.10 Å². The Morgan fingerprint density at radius 1 is 1.35 bits per heavy atom. The SMILES string of the molecule is CNCC1CCN(Cc2ccccc2)CC1O. The van der Waals surface area contributed by atoms with Gasteiger partial charge in [0.25, 0.3) is 0 Å². The van der Waals surface area contributed by atoms with Crippen LogP contribution in [0.2, 0.25) is 0 Å². The average molecular weight is 234 g/mol. The Labute approximate surface area is 103 Å². The summed E-state index contributed by atoms with van der Waals surface area (Å²) in [4.78, 5) is 2.34. The minimum atomic E-state index is -0.195. The number of β-amino-alcohol motifs (C(OH)–C–C–N with tert-alkyl or cyclic N) is 1. The Bertz CT molecular complexity index is 328. The van der Waals surface area contributed by atoms with Crippen LogP contribution in [0.4, 0.5) is 0 Å². The van der Waals surface area contributed by atoms with Gasteiger partial charge in [-0.25, -0.2) is 0 Å². The second kappa shape index (κ2) is 6.15. The number of likely N-dealkylation sites (tertiary alicyclic amines) is 1. The number of nitrogens with zero attached hydrogens (tertiary/aromatic N) is 1. The number of benzene rings is 1. The Hall–Kier alpha value is -0.900. The van der Waals surface area contributed by atoms with Crippen molar-refractivity contribution in [3.8, 4) is 0 Å². The summed E-state index contributed by atoms with van der Waals surface area (Å²) in [5, 5.41) is 13.2. The molecule has 3 nitrogen and oxygen atoms in total. The number of hydrogen-bond acceptors (Lipinski definition) is 3. The van der Waals surface area contributed by atoms with Crippen LogP contribution < -0.4 is 5.32 Å². The molecule has 2 rings (SSSR count). The molecule has 0 aromatic heterocycles. The third kappa shape index (κ3) is 3.53. The van der Waals surface area contributed by atoms with Gasteiger partial charge in [-0.05, 0) is 31.5 Å². The number of hydrogen-bond donors (Lipinski definition) is 2. The summed E-state index contributed by atoms with van der Waals surface area (Å²) in [6.45, 7) is 3.74. The van der Waals surface area contributed by atoms with Gasteiger partial charge >= 0.3 is 0 Å². The van der Waals surface area contributed by atoms with E-state index in [-0.39, 0.29) is 6.10 Å². The van der Waals surface area contributed by atoms with Crippen LogP contribution in [0, 0.1) is 5.92 Å². The fourth-order valence-electron chi connectivity index (χ4n) is 2.53. The molecule has 17 heavy (non-hydrogen) atoms. The third-order valence-electron chi connectivity index (χ3n) is 3.52. The molecule has 1 aromatic carbocycles. The Balaban J connectivity index is 1.85. The van der Waals surface area contributed by atoms with E-state index in [1.165, 1.54) is 5.56 Å². The van der Waals surface area contributed by atoms with Crippen molar-refractivity contribution in [2.45, 2.75) is 19.1 Å². The van der Waals surface area contributed by atoms with E-state index >= 15 is 0 Å². The van der Waals surface area contributed by atoms with Crippen LogP contribution in [0.3, 0.4) is 0 Å². The molecule has 0 bridgehead atoms. The highest BCUT2D eigenvalue weighted by Crippen LogP contribution is 2.18. The standard InChI is InChI=1S/C14H22N2O/c1-15-9-13-7-8-16(11-14(13)17)10-12-5-3-2-4-6-12/h2-6,13-15,17H,7-11H2,1H3. The van der Waals surface area contributed by atoms with Crippen LogP contribution in [0.15, 0.2) is 30.3 Å². The third-order valence-corrected chi connectivity index (χ3v) is 3.52. The second-order valence-electron chi connectivity index (χ2n) is 4.89. The maximum Gasteiger partial charge on any atom is 0.0707 e. The first-order valence-corrected chi connectivity index (χ1v) is 6.38. The van der Waals surface area contributed by atoms with Gasteiger partial charge in [0, 0.05) is 19.6 Å². The van der Waals surface area contributed by atoms with Crippen LogP contribution in [0.1, 0.15) is 12.0 Å². The number of aliphatic hydroxyl groups is 1. The highest BCUT2D eigenvalue weighted by molar-refractivity contribution is 5.14. The van der Waals surface area contributed by atoms with Crippen molar-refractivity contribution in [2.75, 3.05) is 26.7 Å². The van der Waals surface area contributed by atoms with Crippen LogP contribution in [-0.2, 0) is 6.54 Å². The normalized spacial score (nSPS) is 26.0. The zero-order valence-electron chi connectivity index (χ0n) is 10.5. The number of nitrogens with one attached hydrogen (secondary N) is 1. The number of piperidine rings is 1. The maximum absolute atomic E-state index is 10.1. The number of rotatable bonds is 4. The summed E-state index contributed by atoms with van der Waals surface area (Å²) in [5.41, 5.74) is 1.33. The summed E-state index contributed by atoms with van der Waals surface area (Å²) >= 11 is 0. The first-order chi connectivity index (χ1) is 8.29. The van der Waals surface area contributed by atoms with Gasteiger partial charge < -0.3 is 10.4 Å². The van der Waals surface area contributed by atoms with Gasteiger partial charge in [0.2, 0.25) is 0 Å². The lowest BCUT2D eigenvalue weighted by atomic mass is 9.93. The van der Waals surface area contributed by atoms with E-state index in [9.17, 15) is 5.11 Å². The first kappa shape index (κ1) is 12.6. The van der Waals surface area contributed by atoms with E-state index in [4.69, 9.17) is 0 Å². The highest BCUT2D eigenvalue weighted by Gasteiger charge is 2.26. The van der Waals surface area contributed by atoms with E-state index in [1.807, 2.05) is 13.1 Å². The van der Waals surface area contributed by atoms with Gasteiger partial charge in [0.1, 0.15) is 0 Å². The molecule has 0 radical (unpaired) electrons. The minimum Gasteiger partial charge on any atom is -0.391 e. The second-order valence-corrected chi connectivity index (χ2v) is 4.89. The lowest BCUT2D eigenvalue weighted by Crippen LogP contribution is -2.46. The van der Waals surface area contributed by atoms with Crippen LogP contribution in [0.5, 0.6) is 0 Å². The van der Waals surface area contributed by atoms with Gasteiger partial charge in [-0.2, -0.15) is 0 Å². The Kier molecular flexibility index (Phi) is 4.54. The van der Waals surface area contributed by atoms with Crippen LogP contribution in [0.25, 0.3) is 0 Å². The average Bonchev–Trinajstić information content (AvgIpc) is 2.34. The largest absolute Gasteiger partial charge is 0.391 e. The quantitative estimate of drug-likeness (QED) is 0.818. The van der Waals surface area contributed by atoms with Gasteiger partial charge in [-0.3, -0.25) is 4.90 Å². The van der Waals surface area contributed by atoms with Crippen molar-refractivity contribution < 1.29 is 5.11 Å². The predicted molar refractivity (Wildman–Crippen MR) is 69.8 cm³/mol. The van der Waals surface area contributed by atoms with E-state index < -0.39 is 0 Å². The Morgan fingerprint density at radius 3 is 2.76 bits per heavy atom. The molecule has 1 aromatic rings. The summed E-state index contributed by atoms with van der Waals surface area (Å²) in [6, 6.07) is 10.5.